The van der Waals surface area contributed by atoms with Gasteiger partial charge in [-0.1, -0.05) is 13.8 Å². The molecule has 0 aromatic carbocycles. The van der Waals surface area contributed by atoms with Gasteiger partial charge in [0, 0.05) is 46.2 Å². The second kappa shape index (κ2) is 5.61. The number of Topliss-reactive ketones (excluding diaryl/α,β-unsaturated/α-hetero) is 1. The third kappa shape index (κ3) is 4.76. The van der Waals surface area contributed by atoms with Crippen LogP contribution in [0.15, 0.2) is 0 Å². The van der Waals surface area contributed by atoms with Crippen molar-refractivity contribution in [2.45, 2.75) is 33.1 Å². The molecule has 1 aliphatic heterocycles. The summed E-state index contributed by atoms with van der Waals surface area (Å²) in [5.41, 5.74) is 0.288. The first-order valence-corrected chi connectivity index (χ1v) is 5.76. The number of methoxy groups -OCH3 is 1. The molecule has 0 spiro atoms. The van der Waals surface area contributed by atoms with Gasteiger partial charge in [-0.2, -0.15) is 0 Å². The maximum atomic E-state index is 11.1. The van der Waals surface area contributed by atoms with Gasteiger partial charge in [0.25, 0.3) is 0 Å². The van der Waals surface area contributed by atoms with E-state index in [0.29, 0.717) is 5.78 Å². The largest absolute Gasteiger partial charge is 0.385 e. The van der Waals surface area contributed by atoms with Crippen LogP contribution in [0.1, 0.15) is 33.1 Å². The highest BCUT2D eigenvalue weighted by Gasteiger charge is 2.24. The Hall–Kier alpha value is -0.410. The zero-order chi connectivity index (χ0) is 11.3. The van der Waals surface area contributed by atoms with Gasteiger partial charge in [0.1, 0.15) is 5.78 Å². The van der Waals surface area contributed by atoms with Crippen molar-refractivity contribution in [2.24, 2.45) is 5.41 Å². The number of ketones is 1. The summed E-state index contributed by atoms with van der Waals surface area (Å²) in [5, 5.41) is 0. The molecule has 0 aromatic rings. The van der Waals surface area contributed by atoms with E-state index in [1.807, 2.05) is 0 Å². The number of nitrogens with zero attached hydrogens (tertiary/aromatic N) is 1. The van der Waals surface area contributed by atoms with Gasteiger partial charge < -0.3 is 9.64 Å². The van der Waals surface area contributed by atoms with Crippen LogP contribution in [0.5, 0.6) is 0 Å². The van der Waals surface area contributed by atoms with Crippen molar-refractivity contribution < 1.29 is 9.53 Å². The van der Waals surface area contributed by atoms with Crippen LogP contribution < -0.4 is 0 Å². The highest BCUT2D eigenvalue weighted by Crippen LogP contribution is 2.23. The molecule has 1 saturated heterocycles. The van der Waals surface area contributed by atoms with Crippen molar-refractivity contribution >= 4 is 5.78 Å². The van der Waals surface area contributed by atoms with Crippen molar-refractivity contribution in [3.8, 4) is 0 Å². The first-order valence-electron chi connectivity index (χ1n) is 5.76. The van der Waals surface area contributed by atoms with E-state index < -0.39 is 0 Å². The molecule has 0 aromatic heterocycles. The van der Waals surface area contributed by atoms with Crippen LogP contribution in [0.25, 0.3) is 0 Å². The quantitative estimate of drug-likeness (QED) is 0.696. The summed E-state index contributed by atoms with van der Waals surface area (Å²) >= 11 is 0. The predicted octanol–water partition coefficient (Wildman–Crippen LogP) is 1.71. The lowest BCUT2D eigenvalue weighted by Crippen LogP contribution is -2.40. The highest BCUT2D eigenvalue weighted by molar-refractivity contribution is 5.79. The zero-order valence-electron chi connectivity index (χ0n) is 10.2. The number of carbonyl (C=O) groups excluding carboxylic acids is 1. The smallest absolute Gasteiger partial charge is 0.135 e. The Labute approximate surface area is 92.8 Å². The van der Waals surface area contributed by atoms with Gasteiger partial charge in [-0.05, 0) is 11.8 Å². The Morgan fingerprint density at radius 3 is 2.47 bits per heavy atom. The van der Waals surface area contributed by atoms with Crippen LogP contribution >= 0.6 is 0 Å². The molecule has 88 valence electrons. The average Bonchev–Trinajstić information content (AvgIpc) is 2.18. The minimum atomic E-state index is 0.288. The molecule has 15 heavy (non-hydrogen) atoms. The normalized spacial score (nSPS) is 19.5. The van der Waals surface area contributed by atoms with Crippen molar-refractivity contribution in [3.05, 3.63) is 0 Å². The van der Waals surface area contributed by atoms with Gasteiger partial charge in [0.2, 0.25) is 0 Å². The molecule has 0 N–H and O–H groups in total. The van der Waals surface area contributed by atoms with Gasteiger partial charge in [0.05, 0.1) is 0 Å². The Balaban J connectivity index is 2.30. The fourth-order valence-corrected chi connectivity index (χ4v) is 2.02. The SMILES string of the molecule is COCCC(C)(C)CN1CCC(=O)CC1. The van der Waals surface area contributed by atoms with Crippen LogP contribution in [0, 0.1) is 5.41 Å². The lowest BCUT2D eigenvalue weighted by atomic mass is 9.88. The number of likely N-dealkylation sites (tertiary alicyclic amines) is 1. The molecular formula is C12H23NO2. The topological polar surface area (TPSA) is 29.5 Å². The Kier molecular flexibility index (Phi) is 4.74. The number of hydrogen-bond donors (Lipinski definition) is 0. The van der Waals surface area contributed by atoms with Crippen molar-refractivity contribution in [1.82, 2.24) is 4.90 Å². The summed E-state index contributed by atoms with van der Waals surface area (Å²) in [6, 6.07) is 0. The Morgan fingerprint density at radius 1 is 1.33 bits per heavy atom. The number of ether oxygens (including phenoxy) is 1. The standard InChI is InChI=1S/C12H23NO2/c1-12(2,6-9-15-3)10-13-7-4-11(14)5-8-13/h4-10H2,1-3H3. The molecule has 1 heterocycles. The number of piperidine rings is 1. The molecule has 0 saturated carbocycles. The molecule has 0 atom stereocenters. The van der Waals surface area contributed by atoms with Crippen LogP contribution in [-0.4, -0.2) is 44.0 Å². The molecule has 0 radical (unpaired) electrons. The van der Waals surface area contributed by atoms with Crippen molar-refractivity contribution in [1.29, 1.82) is 0 Å². The van der Waals surface area contributed by atoms with E-state index in [-0.39, 0.29) is 5.41 Å². The molecule has 1 fully saturated rings. The van der Waals surface area contributed by atoms with Crippen LogP contribution in [0.2, 0.25) is 0 Å². The van der Waals surface area contributed by atoms with E-state index in [1.165, 1.54) is 0 Å². The molecule has 0 aliphatic carbocycles. The van der Waals surface area contributed by atoms with Gasteiger partial charge in [-0.25, -0.2) is 0 Å². The molecular weight excluding hydrogens is 190 g/mol. The molecule has 0 unspecified atom stereocenters. The molecule has 3 nitrogen and oxygen atoms in total. The summed E-state index contributed by atoms with van der Waals surface area (Å²) in [4.78, 5) is 13.5. The average molecular weight is 213 g/mol. The van der Waals surface area contributed by atoms with E-state index in [1.54, 1.807) is 7.11 Å². The molecule has 1 rings (SSSR count). The molecule has 3 heteroatoms. The summed E-state index contributed by atoms with van der Waals surface area (Å²) in [6.07, 6.45) is 2.55. The fraction of sp³-hybridized carbons (Fsp3) is 0.917. The van der Waals surface area contributed by atoms with Crippen LogP contribution in [0.4, 0.5) is 0 Å². The van der Waals surface area contributed by atoms with Crippen LogP contribution in [0.3, 0.4) is 0 Å². The second-order valence-corrected chi connectivity index (χ2v) is 5.22. The van der Waals surface area contributed by atoms with Gasteiger partial charge >= 0.3 is 0 Å². The third-order valence-corrected chi connectivity index (χ3v) is 3.05. The first-order chi connectivity index (χ1) is 7.03. The number of hydrogen-bond acceptors (Lipinski definition) is 3. The predicted molar refractivity (Wildman–Crippen MR) is 61.0 cm³/mol. The van der Waals surface area contributed by atoms with E-state index in [0.717, 1.165) is 45.5 Å². The van der Waals surface area contributed by atoms with Gasteiger partial charge in [-0.3, -0.25) is 4.79 Å². The van der Waals surface area contributed by atoms with E-state index in [4.69, 9.17) is 4.74 Å². The van der Waals surface area contributed by atoms with E-state index in [2.05, 4.69) is 18.7 Å². The first kappa shape index (κ1) is 12.7. The van der Waals surface area contributed by atoms with E-state index >= 15 is 0 Å². The van der Waals surface area contributed by atoms with Crippen molar-refractivity contribution in [2.75, 3.05) is 33.4 Å². The maximum Gasteiger partial charge on any atom is 0.135 e. The minimum absolute atomic E-state index is 0.288. The number of carbonyl (C=O) groups is 1. The lowest BCUT2D eigenvalue weighted by molar-refractivity contribution is -0.121. The van der Waals surface area contributed by atoms with Crippen LogP contribution in [-0.2, 0) is 9.53 Å². The fourth-order valence-electron chi connectivity index (χ4n) is 2.02. The molecule has 0 amide bonds. The van der Waals surface area contributed by atoms with Gasteiger partial charge in [0.15, 0.2) is 0 Å². The summed E-state index contributed by atoms with van der Waals surface area (Å²) in [5.74, 6) is 0.418. The molecule has 1 aliphatic rings. The molecule has 0 bridgehead atoms. The number of rotatable bonds is 5. The summed E-state index contributed by atoms with van der Waals surface area (Å²) in [7, 11) is 1.75. The lowest BCUT2D eigenvalue weighted by Gasteiger charge is -2.34. The third-order valence-electron chi connectivity index (χ3n) is 3.05. The zero-order valence-corrected chi connectivity index (χ0v) is 10.2. The van der Waals surface area contributed by atoms with Crippen molar-refractivity contribution in [3.63, 3.8) is 0 Å². The van der Waals surface area contributed by atoms with Gasteiger partial charge in [-0.15, -0.1) is 0 Å². The summed E-state index contributed by atoms with van der Waals surface area (Å²) < 4.78 is 5.11. The summed E-state index contributed by atoms with van der Waals surface area (Å²) in [6.45, 7) is 8.30. The minimum Gasteiger partial charge on any atom is -0.385 e. The van der Waals surface area contributed by atoms with E-state index in [9.17, 15) is 4.79 Å². The monoisotopic (exact) mass is 213 g/mol. The highest BCUT2D eigenvalue weighted by atomic mass is 16.5. The maximum absolute atomic E-state index is 11.1. The Bertz CT molecular complexity index is 204. The second-order valence-electron chi connectivity index (χ2n) is 5.22. The Morgan fingerprint density at radius 2 is 1.93 bits per heavy atom.